The van der Waals surface area contributed by atoms with Crippen molar-refractivity contribution in [1.29, 1.82) is 0 Å². The molecule has 1 aliphatic rings. The molecule has 0 saturated carbocycles. The predicted octanol–water partition coefficient (Wildman–Crippen LogP) is 4.43. The Balaban J connectivity index is 0.000000440. The highest BCUT2D eigenvalue weighted by Crippen LogP contribution is 2.31. The maximum Gasteiger partial charge on any atom is 0.328 e. The monoisotopic (exact) mass is 506 g/mol. The summed E-state index contributed by atoms with van der Waals surface area (Å²) >= 11 is 3.64. The second-order valence-electron chi connectivity index (χ2n) is 8.09. The number of aryl methyl sites for hydroxylation is 1. The summed E-state index contributed by atoms with van der Waals surface area (Å²) in [6.07, 6.45) is 1.99. The molecule has 0 amide bonds. The van der Waals surface area contributed by atoms with Crippen LogP contribution in [0.15, 0.2) is 46.7 Å². The number of anilines is 1. The summed E-state index contributed by atoms with van der Waals surface area (Å²) in [5, 5.41) is 25.2. The first kappa shape index (κ1) is 27.9. The number of benzene rings is 1. The summed E-state index contributed by atoms with van der Waals surface area (Å²) in [6, 6.07) is 10.8. The first-order valence-electron chi connectivity index (χ1n) is 11.3. The molecule has 1 atom stereocenters. The second-order valence-corrected chi connectivity index (χ2v) is 10.6. The molecule has 0 bridgehead atoms. The number of carboxylic acid groups (broad SMARTS) is 2. The molecule has 0 radical (unpaired) electrons. The van der Waals surface area contributed by atoms with Gasteiger partial charge in [-0.2, -0.15) is 0 Å². The Hall–Kier alpha value is -2.33. The van der Waals surface area contributed by atoms with E-state index in [1.807, 2.05) is 24.8 Å². The molecule has 2 heterocycles. The van der Waals surface area contributed by atoms with E-state index in [-0.39, 0.29) is 6.10 Å². The van der Waals surface area contributed by atoms with E-state index in [2.05, 4.69) is 47.9 Å². The average Bonchev–Trinajstić information content (AvgIpc) is 3.28. The van der Waals surface area contributed by atoms with Crippen LogP contribution in [0.25, 0.3) is 0 Å². The van der Waals surface area contributed by atoms with Crippen molar-refractivity contribution in [3.8, 4) is 0 Å². The van der Waals surface area contributed by atoms with Gasteiger partial charge in [-0.15, -0.1) is 23.1 Å². The molecule has 9 heteroatoms. The van der Waals surface area contributed by atoms with E-state index in [4.69, 9.17) is 10.2 Å². The number of thioether (sulfide) groups is 1. The number of thiophene rings is 1. The summed E-state index contributed by atoms with van der Waals surface area (Å²) in [4.78, 5) is 25.3. The summed E-state index contributed by atoms with van der Waals surface area (Å²) < 4.78 is 1.32. The van der Waals surface area contributed by atoms with Crippen LogP contribution < -0.4 is 4.90 Å². The molecular weight excluding hydrogens is 472 g/mol. The topological polar surface area (TPSA) is 101 Å². The van der Waals surface area contributed by atoms with Gasteiger partial charge in [0.15, 0.2) is 0 Å². The second kappa shape index (κ2) is 14.2. The van der Waals surface area contributed by atoms with Gasteiger partial charge in [0.2, 0.25) is 0 Å². The summed E-state index contributed by atoms with van der Waals surface area (Å²) in [5.41, 5.74) is 4.21. The van der Waals surface area contributed by atoms with Crippen molar-refractivity contribution >= 4 is 40.7 Å². The highest BCUT2D eigenvalue weighted by atomic mass is 32.2. The van der Waals surface area contributed by atoms with Gasteiger partial charge in [0.25, 0.3) is 0 Å². The first-order chi connectivity index (χ1) is 16.2. The minimum absolute atomic E-state index is 0.345. The van der Waals surface area contributed by atoms with Crippen molar-refractivity contribution in [2.45, 2.75) is 37.5 Å². The number of aliphatic hydroxyl groups excluding tert-OH is 1. The van der Waals surface area contributed by atoms with Gasteiger partial charge in [-0.25, -0.2) is 9.59 Å². The average molecular weight is 507 g/mol. The third kappa shape index (κ3) is 9.50. The quantitative estimate of drug-likeness (QED) is 0.261. The third-order valence-electron chi connectivity index (χ3n) is 5.53. The van der Waals surface area contributed by atoms with Crippen molar-refractivity contribution < 1.29 is 24.9 Å². The van der Waals surface area contributed by atoms with E-state index in [0.29, 0.717) is 12.2 Å². The Labute approximate surface area is 209 Å². The SMILES string of the molecule is Cc1cccc(N2CCN(CCCSc3ccc(C(C)O)s3)CC2)c1C.O=C(O)/C=C\C(=O)O. The number of nitrogens with zero attached hydrogens (tertiary/aromatic N) is 2. The zero-order chi connectivity index (χ0) is 25.1. The fourth-order valence-corrected chi connectivity index (χ4v) is 5.62. The van der Waals surface area contributed by atoms with E-state index >= 15 is 0 Å². The summed E-state index contributed by atoms with van der Waals surface area (Å²) in [6.45, 7) is 12.0. The van der Waals surface area contributed by atoms with Crippen LogP contribution in [0.3, 0.4) is 0 Å². The molecule has 7 nitrogen and oxygen atoms in total. The molecule has 1 aromatic heterocycles. The fourth-order valence-electron chi connectivity index (χ4n) is 3.53. The molecule has 0 aliphatic carbocycles. The van der Waals surface area contributed by atoms with Gasteiger partial charge >= 0.3 is 11.9 Å². The molecule has 1 saturated heterocycles. The normalized spacial score (nSPS) is 15.1. The number of rotatable bonds is 9. The Kier molecular flexibility index (Phi) is 11.6. The number of hydrogen-bond donors (Lipinski definition) is 3. The molecule has 1 fully saturated rings. The van der Waals surface area contributed by atoms with E-state index in [1.54, 1.807) is 11.3 Å². The van der Waals surface area contributed by atoms with E-state index in [9.17, 15) is 14.7 Å². The van der Waals surface area contributed by atoms with Crippen molar-refractivity contribution in [2.24, 2.45) is 0 Å². The molecule has 34 heavy (non-hydrogen) atoms. The van der Waals surface area contributed by atoms with Gasteiger partial charge in [0, 0.05) is 54.6 Å². The highest BCUT2D eigenvalue weighted by Gasteiger charge is 2.18. The number of hydrogen-bond acceptors (Lipinski definition) is 7. The Bertz CT molecular complexity index is 950. The Morgan fingerprint density at radius 3 is 2.26 bits per heavy atom. The zero-order valence-corrected chi connectivity index (χ0v) is 21.6. The minimum atomic E-state index is -1.26. The largest absolute Gasteiger partial charge is 0.478 e. The molecule has 1 unspecified atom stereocenters. The molecular formula is C25H34N2O5S2. The molecule has 3 N–H and O–H groups in total. The number of carboxylic acids is 2. The summed E-state index contributed by atoms with van der Waals surface area (Å²) in [5.74, 6) is -1.36. The Morgan fingerprint density at radius 1 is 1.06 bits per heavy atom. The van der Waals surface area contributed by atoms with Crippen LogP contribution in [0.4, 0.5) is 5.69 Å². The molecule has 1 aromatic carbocycles. The lowest BCUT2D eigenvalue weighted by Crippen LogP contribution is -2.47. The van der Waals surface area contributed by atoms with Crippen LogP contribution in [-0.4, -0.2) is 70.6 Å². The maximum atomic E-state index is 9.61. The van der Waals surface area contributed by atoms with Gasteiger partial charge in [0.05, 0.1) is 10.3 Å². The zero-order valence-electron chi connectivity index (χ0n) is 19.9. The Morgan fingerprint density at radius 2 is 1.71 bits per heavy atom. The third-order valence-corrected chi connectivity index (χ3v) is 8.10. The van der Waals surface area contributed by atoms with Gasteiger partial charge < -0.3 is 20.2 Å². The molecule has 3 rings (SSSR count). The van der Waals surface area contributed by atoms with Crippen molar-refractivity contribution in [1.82, 2.24) is 4.90 Å². The van der Waals surface area contributed by atoms with E-state index < -0.39 is 11.9 Å². The smallest absolute Gasteiger partial charge is 0.328 e. The van der Waals surface area contributed by atoms with Crippen LogP contribution in [0, 0.1) is 13.8 Å². The van der Waals surface area contributed by atoms with Crippen LogP contribution in [0.1, 0.15) is 35.5 Å². The lowest BCUT2D eigenvalue weighted by atomic mass is 10.1. The maximum absolute atomic E-state index is 9.61. The number of aliphatic carboxylic acids is 2. The molecule has 1 aliphatic heterocycles. The van der Waals surface area contributed by atoms with E-state index in [0.717, 1.165) is 36.8 Å². The lowest BCUT2D eigenvalue weighted by molar-refractivity contribution is -0.134. The van der Waals surface area contributed by atoms with Crippen LogP contribution >= 0.6 is 23.1 Å². The van der Waals surface area contributed by atoms with Crippen molar-refractivity contribution in [2.75, 3.05) is 43.4 Å². The molecule has 186 valence electrons. The van der Waals surface area contributed by atoms with Gasteiger partial charge in [-0.3, -0.25) is 4.90 Å². The van der Waals surface area contributed by atoms with Crippen molar-refractivity contribution in [3.63, 3.8) is 0 Å². The van der Waals surface area contributed by atoms with Gasteiger partial charge in [-0.1, -0.05) is 12.1 Å². The van der Waals surface area contributed by atoms with Gasteiger partial charge in [-0.05, 0) is 63.1 Å². The van der Waals surface area contributed by atoms with Crippen LogP contribution in [0.2, 0.25) is 0 Å². The number of piperazine rings is 1. The van der Waals surface area contributed by atoms with E-state index in [1.165, 1.54) is 34.0 Å². The lowest BCUT2D eigenvalue weighted by Gasteiger charge is -2.37. The summed E-state index contributed by atoms with van der Waals surface area (Å²) in [7, 11) is 0. The molecule has 2 aromatic rings. The van der Waals surface area contributed by atoms with Crippen molar-refractivity contribution in [3.05, 3.63) is 58.5 Å². The standard InChI is InChI=1S/C21H30N2OS2.C4H4O4/c1-16-6-4-7-19(17(16)2)23-13-11-22(12-14-23)10-5-15-25-21-9-8-20(26-21)18(3)24;5-3(6)1-2-4(7)8/h4,6-9,18,24H,5,10-15H2,1-3H3;1-2H,(H,5,6)(H,7,8)/b;2-1-. The predicted molar refractivity (Wildman–Crippen MR) is 139 cm³/mol. The van der Waals surface area contributed by atoms with Crippen LogP contribution in [0.5, 0.6) is 0 Å². The highest BCUT2D eigenvalue weighted by molar-refractivity contribution is 8.01. The number of aliphatic hydroxyl groups is 1. The van der Waals surface area contributed by atoms with Crippen LogP contribution in [-0.2, 0) is 9.59 Å². The molecule has 0 spiro atoms. The first-order valence-corrected chi connectivity index (χ1v) is 13.1. The van der Waals surface area contributed by atoms with Gasteiger partial charge in [0.1, 0.15) is 0 Å². The minimum Gasteiger partial charge on any atom is -0.478 e. The fraction of sp³-hybridized carbons (Fsp3) is 0.440. The number of carbonyl (C=O) groups is 2.